The second kappa shape index (κ2) is 7.68. The first-order chi connectivity index (χ1) is 10.6. The third-order valence-electron chi connectivity index (χ3n) is 3.95. The molecule has 2 atom stereocenters. The lowest BCUT2D eigenvalue weighted by atomic mass is 9.82. The Morgan fingerprint density at radius 3 is 1.00 bits per heavy atom. The molecule has 5 nitrogen and oxygen atoms in total. The summed E-state index contributed by atoms with van der Waals surface area (Å²) >= 11 is 0. The van der Waals surface area contributed by atoms with Crippen LogP contribution in [-0.2, 0) is 4.74 Å². The molecule has 0 amide bonds. The minimum absolute atomic E-state index is 0.453. The molecular weight excluding hydrogens is 296 g/mol. The zero-order valence-corrected chi connectivity index (χ0v) is 13.3. The van der Waals surface area contributed by atoms with Gasteiger partial charge in [-0.3, -0.25) is 0 Å². The van der Waals surface area contributed by atoms with Crippen LogP contribution >= 0.6 is 0 Å². The number of ether oxygens (including phenoxy) is 1. The van der Waals surface area contributed by atoms with Crippen LogP contribution in [0, 0.1) is 0 Å². The molecule has 5 heteroatoms. The van der Waals surface area contributed by atoms with Gasteiger partial charge in [0.2, 0.25) is 0 Å². The van der Waals surface area contributed by atoms with Crippen LogP contribution in [0.25, 0.3) is 0 Å². The highest BCUT2D eigenvalue weighted by Gasteiger charge is 2.46. The van der Waals surface area contributed by atoms with Gasteiger partial charge in [-0.15, -0.1) is 13.2 Å². The van der Waals surface area contributed by atoms with Crippen molar-refractivity contribution in [3.05, 3.63) is 75.9 Å². The third kappa shape index (κ3) is 3.77. The summed E-state index contributed by atoms with van der Waals surface area (Å²) in [6.07, 6.45) is 6.53. The Hall–Kier alpha value is -1.76. The van der Waals surface area contributed by atoms with Crippen LogP contribution in [0.3, 0.4) is 0 Å². The van der Waals surface area contributed by atoms with Crippen LogP contribution in [0.15, 0.2) is 75.9 Å². The fourth-order valence-corrected chi connectivity index (χ4v) is 1.91. The summed E-state index contributed by atoms with van der Waals surface area (Å²) in [4.78, 5) is 0. The molecule has 0 fully saturated rings. The molecule has 128 valence electrons. The van der Waals surface area contributed by atoms with Gasteiger partial charge in [0.15, 0.2) is 0 Å². The van der Waals surface area contributed by atoms with Crippen molar-refractivity contribution < 1.29 is 25.2 Å². The maximum absolute atomic E-state index is 10.5. The Morgan fingerprint density at radius 2 is 0.826 bits per heavy atom. The van der Waals surface area contributed by atoms with E-state index in [1.165, 1.54) is 0 Å². The van der Waals surface area contributed by atoms with Gasteiger partial charge >= 0.3 is 0 Å². The number of hydrogen-bond acceptors (Lipinski definition) is 5. The Morgan fingerprint density at radius 1 is 0.565 bits per heavy atom. The van der Waals surface area contributed by atoms with Crippen molar-refractivity contribution in [2.45, 2.75) is 22.4 Å². The summed E-state index contributed by atoms with van der Waals surface area (Å²) in [7, 11) is 0. The van der Waals surface area contributed by atoms with Gasteiger partial charge in [0, 0.05) is 0 Å². The molecule has 0 aromatic rings. The Kier molecular flexibility index (Phi) is 7.09. The van der Waals surface area contributed by atoms with E-state index in [1.54, 1.807) is 0 Å². The van der Waals surface area contributed by atoms with E-state index in [4.69, 9.17) is 4.74 Å². The molecule has 0 radical (unpaired) electrons. The van der Waals surface area contributed by atoms with Crippen molar-refractivity contribution in [2.24, 2.45) is 0 Å². The smallest absolute Gasteiger partial charge is 0.141 e. The highest BCUT2D eigenvalue weighted by atomic mass is 16.5. The van der Waals surface area contributed by atoms with Gasteiger partial charge in [0.25, 0.3) is 0 Å². The summed E-state index contributed by atoms with van der Waals surface area (Å²) < 4.78 is 5.29. The highest BCUT2D eigenvalue weighted by molar-refractivity contribution is 5.26. The average molecular weight is 322 g/mol. The van der Waals surface area contributed by atoms with Gasteiger partial charge in [-0.2, -0.15) is 0 Å². The van der Waals surface area contributed by atoms with Gasteiger partial charge in [-0.05, 0) is 0 Å². The maximum atomic E-state index is 10.5. The summed E-state index contributed by atoms with van der Waals surface area (Å²) in [5, 5.41) is 41.5. The quantitative estimate of drug-likeness (QED) is 0.403. The first kappa shape index (κ1) is 21.2. The first-order valence-corrected chi connectivity index (χ1v) is 6.86. The van der Waals surface area contributed by atoms with E-state index in [1.807, 2.05) is 0 Å². The van der Waals surface area contributed by atoms with Crippen molar-refractivity contribution in [1.82, 2.24) is 0 Å². The molecule has 0 aliphatic carbocycles. The minimum Gasteiger partial charge on any atom is -0.380 e. The van der Waals surface area contributed by atoms with Crippen molar-refractivity contribution in [3.63, 3.8) is 0 Å². The Balaban J connectivity index is 5.31. The topological polar surface area (TPSA) is 90.2 Å². The molecule has 0 spiro atoms. The molecule has 0 aromatic carbocycles. The van der Waals surface area contributed by atoms with Crippen molar-refractivity contribution in [1.29, 1.82) is 0 Å². The molecule has 4 N–H and O–H groups in total. The van der Waals surface area contributed by atoms with Crippen LogP contribution in [0.2, 0.25) is 0 Å². The monoisotopic (exact) mass is 322 g/mol. The SMILES string of the molecule is C=CC(O)(C=C)C(O)(C=C)COCC(O)(C=C)C(O)(C=C)C=C. The molecule has 0 aromatic heterocycles. The van der Waals surface area contributed by atoms with Crippen LogP contribution in [0.1, 0.15) is 0 Å². The molecule has 0 saturated carbocycles. The summed E-state index contributed by atoms with van der Waals surface area (Å²) in [5.74, 6) is 0. The second-order valence-corrected chi connectivity index (χ2v) is 5.22. The molecular formula is C18H26O5. The number of rotatable bonds is 12. The molecule has 0 heterocycles. The molecule has 0 bridgehead atoms. The molecule has 2 unspecified atom stereocenters. The Labute approximate surface area is 137 Å². The fraction of sp³-hybridized carbons (Fsp3) is 0.333. The predicted molar refractivity (Wildman–Crippen MR) is 91.8 cm³/mol. The van der Waals surface area contributed by atoms with Crippen molar-refractivity contribution in [2.75, 3.05) is 13.2 Å². The lowest BCUT2D eigenvalue weighted by molar-refractivity contribution is -0.146. The lowest BCUT2D eigenvalue weighted by Crippen LogP contribution is -2.56. The van der Waals surface area contributed by atoms with Crippen LogP contribution in [0.4, 0.5) is 0 Å². The van der Waals surface area contributed by atoms with Crippen molar-refractivity contribution in [3.8, 4) is 0 Å². The normalized spacial score (nSPS) is 17.2. The van der Waals surface area contributed by atoms with Gasteiger partial charge in [0.1, 0.15) is 22.4 Å². The van der Waals surface area contributed by atoms with Crippen molar-refractivity contribution >= 4 is 0 Å². The van der Waals surface area contributed by atoms with E-state index >= 15 is 0 Å². The van der Waals surface area contributed by atoms with Gasteiger partial charge in [0.05, 0.1) is 13.2 Å². The van der Waals surface area contributed by atoms with E-state index in [9.17, 15) is 20.4 Å². The van der Waals surface area contributed by atoms with E-state index in [0.29, 0.717) is 0 Å². The zero-order valence-electron chi connectivity index (χ0n) is 13.3. The molecule has 0 saturated heterocycles. The number of hydrogen-bond donors (Lipinski definition) is 4. The first-order valence-electron chi connectivity index (χ1n) is 6.86. The van der Waals surface area contributed by atoms with E-state index < -0.39 is 35.6 Å². The Bertz CT molecular complexity index is 436. The minimum atomic E-state index is -1.93. The van der Waals surface area contributed by atoms with E-state index in [-0.39, 0.29) is 0 Å². The fourth-order valence-electron chi connectivity index (χ4n) is 1.91. The number of aliphatic hydroxyl groups is 4. The predicted octanol–water partition coefficient (Wildman–Crippen LogP) is 1.04. The summed E-state index contributed by atoms with van der Waals surface area (Å²) in [6.45, 7) is 19.8. The lowest BCUT2D eigenvalue weighted by Gasteiger charge is -2.40. The van der Waals surface area contributed by atoms with Gasteiger partial charge < -0.3 is 25.2 Å². The third-order valence-corrected chi connectivity index (χ3v) is 3.95. The van der Waals surface area contributed by atoms with Crippen LogP contribution < -0.4 is 0 Å². The standard InChI is InChI=1S/C18H26O5/c1-7-15(19,8-2)17(21,11-5)13-23-14-18(22,12-6)16(20,9-3)10-4/h7-12,19-22H,1-6,13-14H2. The van der Waals surface area contributed by atoms with Crippen LogP contribution in [-0.4, -0.2) is 56.0 Å². The summed E-state index contributed by atoms with van der Waals surface area (Å²) in [6, 6.07) is 0. The maximum Gasteiger partial charge on any atom is 0.141 e. The molecule has 0 rings (SSSR count). The molecule has 23 heavy (non-hydrogen) atoms. The molecule has 0 aliphatic heterocycles. The second-order valence-electron chi connectivity index (χ2n) is 5.22. The molecule has 0 aliphatic rings. The van der Waals surface area contributed by atoms with Gasteiger partial charge in [-0.25, -0.2) is 0 Å². The van der Waals surface area contributed by atoms with E-state index in [2.05, 4.69) is 39.5 Å². The summed E-state index contributed by atoms with van der Waals surface area (Å²) in [5.41, 5.74) is -7.62. The van der Waals surface area contributed by atoms with Gasteiger partial charge in [-0.1, -0.05) is 62.8 Å². The van der Waals surface area contributed by atoms with Crippen LogP contribution in [0.5, 0.6) is 0 Å². The van der Waals surface area contributed by atoms with E-state index in [0.717, 1.165) is 36.5 Å². The highest BCUT2D eigenvalue weighted by Crippen LogP contribution is 2.30. The average Bonchev–Trinajstić information content (AvgIpc) is 2.59. The largest absolute Gasteiger partial charge is 0.380 e. The zero-order chi connectivity index (χ0) is 18.4.